The number of nitrogens with two attached hydrogens (primary N) is 1. The molecule has 0 atom stereocenters. The topological polar surface area (TPSA) is 84.7 Å². The summed E-state index contributed by atoms with van der Waals surface area (Å²) in [5.41, 5.74) is 5.33. The van der Waals surface area contributed by atoms with E-state index in [-0.39, 0.29) is 12.1 Å². The highest BCUT2D eigenvalue weighted by Crippen LogP contribution is 2.19. The van der Waals surface area contributed by atoms with Crippen molar-refractivity contribution in [1.29, 1.82) is 0 Å². The van der Waals surface area contributed by atoms with Crippen LogP contribution in [0.15, 0.2) is 0 Å². The molecule has 0 radical (unpaired) electrons. The maximum Gasteiger partial charge on any atom is 0.279 e. The van der Waals surface area contributed by atoms with E-state index in [0.717, 1.165) is 0 Å². The molecule has 0 aromatic rings. The molecule has 0 bridgehead atoms. The number of hydrogen-bond donors (Lipinski definition) is 2. The molecule has 1 aliphatic rings. The van der Waals surface area contributed by atoms with Crippen LogP contribution in [0.3, 0.4) is 0 Å². The Kier molecular flexibility index (Phi) is 3.49. The summed E-state index contributed by atoms with van der Waals surface area (Å²) >= 11 is 0. The number of rotatable bonds is 5. The zero-order chi connectivity index (χ0) is 10.8. The molecule has 0 aromatic carbocycles. The van der Waals surface area contributed by atoms with Crippen LogP contribution in [0.4, 0.5) is 0 Å². The first-order valence-corrected chi connectivity index (χ1v) is 5.84. The van der Waals surface area contributed by atoms with Crippen molar-refractivity contribution < 1.29 is 13.2 Å². The van der Waals surface area contributed by atoms with Crippen LogP contribution in [0, 0.1) is 0 Å². The fourth-order valence-electron chi connectivity index (χ4n) is 1.29. The molecular weight excluding hydrogens is 206 g/mol. The van der Waals surface area contributed by atoms with Gasteiger partial charge >= 0.3 is 0 Å². The van der Waals surface area contributed by atoms with Crippen molar-refractivity contribution >= 4 is 10.2 Å². The Labute approximate surface area is 84.6 Å². The van der Waals surface area contributed by atoms with E-state index >= 15 is 0 Å². The molecule has 1 fully saturated rings. The predicted octanol–water partition coefficient (Wildman–Crippen LogP) is -1.50. The van der Waals surface area contributed by atoms with E-state index in [1.165, 1.54) is 11.4 Å². The minimum Gasteiger partial charge on any atom is -0.383 e. The molecule has 14 heavy (non-hydrogen) atoms. The van der Waals surface area contributed by atoms with Gasteiger partial charge in [0.15, 0.2) is 0 Å². The van der Waals surface area contributed by atoms with Crippen LogP contribution in [0.2, 0.25) is 0 Å². The molecule has 0 amide bonds. The van der Waals surface area contributed by atoms with E-state index in [2.05, 4.69) is 4.72 Å². The summed E-state index contributed by atoms with van der Waals surface area (Å²) in [4.78, 5) is 0. The van der Waals surface area contributed by atoms with Gasteiger partial charge in [-0.2, -0.15) is 17.4 Å². The zero-order valence-corrected chi connectivity index (χ0v) is 9.30. The Hall–Kier alpha value is -0.210. The van der Waals surface area contributed by atoms with E-state index in [0.29, 0.717) is 19.7 Å². The monoisotopic (exact) mass is 223 g/mol. The van der Waals surface area contributed by atoms with E-state index in [9.17, 15) is 8.42 Å². The summed E-state index contributed by atoms with van der Waals surface area (Å²) in [5, 5.41) is 0. The molecule has 84 valence electrons. The maximum absolute atomic E-state index is 11.5. The van der Waals surface area contributed by atoms with E-state index in [4.69, 9.17) is 10.5 Å². The fourth-order valence-corrected chi connectivity index (χ4v) is 2.75. The number of methoxy groups -OCH3 is 1. The Morgan fingerprint density at radius 2 is 2.14 bits per heavy atom. The molecule has 1 rings (SSSR count). The lowest BCUT2D eigenvalue weighted by atomic mass is 9.97. The lowest BCUT2D eigenvalue weighted by molar-refractivity contribution is 0.171. The fraction of sp³-hybridized carbons (Fsp3) is 1.00. The molecule has 0 aliphatic carbocycles. The highest BCUT2D eigenvalue weighted by atomic mass is 32.2. The average Bonchev–Trinajstić information content (AvgIpc) is 2.00. The van der Waals surface area contributed by atoms with Crippen molar-refractivity contribution in [2.45, 2.75) is 12.5 Å². The van der Waals surface area contributed by atoms with Gasteiger partial charge in [0, 0.05) is 32.3 Å². The maximum atomic E-state index is 11.5. The third kappa shape index (κ3) is 2.89. The zero-order valence-electron chi connectivity index (χ0n) is 8.49. The van der Waals surface area contributed by atoms with Gasteiger partial charge in [-0.3, -0.25) is 0 Å². The summed E-state index contributed by atoms with van der Waals surface area (Å²) in [5.74, 6) is 0. The van der Waals surface area contributed by atoms with E-state index in [1.54, 1.807) is 0 Å². The van der Waals surface area contributed by atoms with Crippen LogP contribution in [-0.4, -0.2) is 51.6 Å². The average molecular weight is 223 g/mol. The predicted molar refractivity (Wildman–Crippen MR) is 53.0 cm³/mol. The molecule has 0 saturated carbocycles. The van der Waals surface area contributed by atoms with Crippen LogP contribution in [-0.2, 0) is 14.9 Å². The van der Waals surface area contributed by atoms with Gasteiger partial charge in [0.1, 0.15) is 0 Å². The Bertz CT molecular complexity index is 281. The van der Waals surface area contributed by atoms with Crippen molar-refractivity contribution in [2.75, 3.05) is 33.4 Å². The number of hydrogen-bond acceptors (Lipinski definition) is 4. The molecule has 1 heterocycles. The molecule has 1 aliphatic heterocycles. The van der Waals surface area contributed by atoms with Crippen molar-refractivity contribution in [3.63, 3.8) is 0 Å². The lowest BCUT2D eigenvalue weighted by Crippen LogP contribution is -2.68. The van der Waals surface area contributed by atoms with E-state index < -0.39 is 10.2 Å². The lowest BCUT2D eigenvalue weighted by Gasteiger charge is -2.43. The summed E-state index contributed by atoms with van der Waals surface area (Å²) in [6.45, 7) is 3.22. The first-order valence-electron chi connectivity index (χ1n) is 4.40. The molecule has 0 aromatic heterocycles. The molecule has 0 unspecified atom stereocenters. The van der Waals surface area contributed by atoms with Gasteiger partial charge in [0.2, 0.25) is 0 Å². The van der Waals surface area contributed by atoms with E-state index in [1.807, 2.05) is 6.92 Å². The minimum atomic E-state index is -3.34. The first-order chi connectivity index (χ1) is 6.37. The van der Waals surface area contributed by atoms with Gasteiger partial charge in [-0.1, -0.05) is 0 Å². The van der Waals surface area contributed by atoms with Crippen LogP contribution in [0.25, 0.3) is 0 Å². The van der Waals surface area contributed by atoms with Gasteiger partial charge in [0.25, 0.3) is 10.2 Å². The Balaban J connectivity index is 2.36. The molecule has 7 heteroatoms. The quantitative estimate of drug-likeness (QED) is 0.556. The summed E-state index contributed by atoms with van der Waals surface area (Å²) < 4.78 is 31.4. The van der Waals surface area contributed by atoms with Crippen molar-refractivity contribution in [3.05, 3.63) is 0 Å². The third-order valence-corrected chi connectivity index (χ3v) is 3.51. The van der Waals surface area contributed by atoms with Gasteiger partial charge in [0.05, 0.1) is 6.61 Å². The first kappa shape index (κ1) is 11.9. The third-order valence-electron chi connectivity index (χ3n) is 2.01. The van der Waals surface area contributed by atoms with Crippen molar-refractivity contribution in [1.82, 2.24) is 9.03 Å². The smallest absolute Gasteiger partial charge is 0.279 e. The molecule has 1 saturated heterocycles. The second-order valence-electron chi connectivity index (χ2n) is 3.81. The molecule has 0 spiro atoms. The largest absolute Gasteiger partial charge is 0.383 e. The summed E-state index contributed by atoms with van der Waals surface area (Å²) in [7, 11) is -1.82. The second-order valence-corrected chi connectivity index (χ2v) is 5.57. The van der Waals surface area contributed by atoms with Crippen molar-refractivity contribution in [2.24, 2.45) is 5.73 Å². The van der Waals surface area contributed by atoms with Crippen LogP contribution in [0.1, 0.15) is 6.92 Å². The Morgan fingerprint density at radius 3 is 2.57 bits per heavy atom. The van der Waals surface area contributed by atoms with Gasteiger partial charge in [-0.05, 0) is 6.92 Å². The Morgan fingerprint density at radius 1 is 1.57 bits per heavy atom. The normalized spacial score (nSPS) is 21.9. The van der Waals surface area contributed by atoms with Crippen molar-refractivity contribution in [3.8, 4) is 0 Å². The van der Waals surface area contributed by atoms with Gasteiger partial charge < -0.3 is 10.5 Å². The van der Waals surface area contributed by atoms with Crippen LogP contribution < -0.4 is 10.5 Å². The number of ether oxygens (including phenoxy) is 1. The van der Waals surface area contributed by atoms with Gasteiger partial charge in [-0.25, -0.2) is 0 Å². The summed E-state index contributed by atoms with van der Waals surface area (Å²) in [6.07, 6.45) is 0. The standard InChI is InChI=1S/C7H17N3O3S/c1-7(8)5-10(6-7)14(11,12)9-3-4-13-2/h9H,3-6,8H2,1-2H3. The SMILES string of the molecule is COCCNS(=O)(=O)N1CC(C)(N)C1. The molecule has 3 N–H and O–H groups in total. The van der Waals surface area contributed by atoms with Gasteiger partial charge in [-0.15, -0.1) is 0 Å². The highest BCUT2D eigenvalue weighted by molar-refractivity contribution is 7.87. The minimum absolute atomic E-state index is 0.288. The number of nitrogens with one attached hydrogen (secondary N) is 1. The molecule has 6 nitrogen and oxygen atoms in total. The summed E-state index contributed by atoms with van der Waals surface area (Å²) in [6, 6.07) is 0. The van der Waals surface area contributed by atoms with Crippen LogP contribution in [0.5, 0.6) is 0 Å². The number of nitrogens with zero attached hydrogens (tertiary/aromatic N) is 1. The highest BCUT2D eigenvalue weighted by Gasteiger charge is 2.41. The molecular formula is C7H17N3O3S. The second kappa shape index (κ2) is 4.11. The van der Waals surface area contributed by atoms with Crippen LogP contribution >= 0.6 is 0 Å².